The number of hydrogen-bond donors (Lipinski definition) is 1. The molecule has 0 aliphatic carbocycles. The van der Waals surface area contributed by atoms with E-state index in [1.54, 1.807) is 7.11 Å². The van der Waals surface area contributed by atoms with E-state index >= 15 is 0 Å². The Morgan fingerprint density at radius 3 is 2.74 bits per heavy atom. The van der Waals surface area contributed by atoms with Gasteiger partial charge < -0.3 is 10.1 Å². The molecule has 0 fully saturated rings. The number of nitrogens with zero attached hydrogens (tertiary/aromatic N) is 2. The number of likely N-dealkylation sites (N-methyl/N-ethyl adjacent to an activating group) is 1. The van der Waals surface area contributed by atoms with Crippen LogP contribution in [0.2, 0.25) is 0 Å². The van der Waals surface area contributed by atoms with Gasteiger partial charge in [-0.2, -0.15) is 0 Å². The first kappa shape index (κ1) is 19.5. The summed E-state index contributed by atoms with van der Waals surface area (Å²) < 4.78 is 5.39. The van der Waals surface area contributed by atoms with Crippen molar-refractivity contribution >= 4 is 29.0 Å². The number of ether oxygens (including phenoxy) is 1. The molecule has 1 aromatic heterocycles. The highest BCUT2D eigenvalue weighted by Crippen LogP contribution is 2.27. The lowest BCUT2D eigenvalue weighted by Crippen LogP contribution is -2.36. The number of pyridine rings is 1. The highest BCUT2D eigenvalue weighted by Gasteiger charge is 2.10. The van der Waals surface area contributed by atoms with Crippen LogP contribution in [-0.2, 0) is 0 Å². The molecule has 0 bridgehead atoms. The van der Waals surface area contributed by atoms with Gasteiger partial charge in [0.15, 0.2) is 0 Å². The van der Waals surface area contributed by atoms with Gasteiger partial charge in [-0.15, -0.1) is 12.4 Å². The Labute approximate surface area is 145 Å². The van der Waals surface area contributed by atoms with E-state index < -0.39 is 0 Å². The largest absolute Gasteiger partial charge is 0.497 e. The molecular weight excluding hydrogens is 310 g/mol. The fourth-order valence-electron chi connectivity index (χ4n) is 2.70. The van der Waals surface area contributed by atoms with E-state index in [1.165, 1.54) is 6.42 Å². The second-order valence-corrected chi connectivity index (χ2v) is 5.56. The Morgan fingerprint density at radius 2 is 2.09 bits per heavy atom. The number of halogens is 1. The van der Waals surface area contributed by atoms with Crippen LogP contribution in [-0.4, -0.2) is 42.7 Å². The molecule has 2 rings (SSSR count). The maximum atomic E-state index is 5.39. The van der Waals surface area contributed by atoms with Gasteiger partial charge in [0, 0.05) is 36.8 Å². The van der Waals surface area contributed by atoms with Crippen LogP contribution in [0.3, 0.4) is 0 Å². The van der Waals surface area contributed by atoms with Gasteiger partial charge in [-0.25, -0.2) is 0 Å². The first-order chi connectivity index (χ1) is 10.7. The van der Waals surface area contributed by atoms with E-state index in [2.05, 4.69) is 42.0 Å². The van der Waals surface area contributed by atoms with Crippen LogP contribution in [0.4, 0.5) is 5.69 Å². The van der Waals surface area contributed by atoms with Crippen molar-refractivity contribution in [3.8, 4) is 5.75 Å². The minimum Gasteiger partial charge on any atom is -0.497 e. The number of anilines is 1. The summed E-state index contributed by atoms with van der Waals surface area (Å²) in [4.78, 5) is 6.98. The lowest BCUT2D eigenvalue weighted by Gasteiger charge is -2.27. The van der Waals surface area contributed by atoms with Crippen molar-refractivity contribution in [3.63, 3.8) is 0 Å². The monoisotopic (exact) mass is 337 g/mol. The molecule has 128 valence electrons. The molecule has 0 aliphatic rings. The molecule has 0 saturated carbocycles. The smallest absolute Gasteiger partial charge is 0.121 e. The van der Waals surface area contributed by atoms with Crippen LogP contribution in [0.1, 0.15) is 27.2 Å². The predicted octanol–water partition coefficient (Wildman–Crippen LogP) is 4.20. The van der Waals surface area contributed by atoms with Crippen molar-refractivity contribution < 1.29 is 4.74 Å². The fraction of sp³-hybridized carbons (Fsp3) is 0.500. The number of methoxy groups -OCH3 is 1. The fourth-order valence-corrected chi connectivity index (χ4v) is 2.70. The first-order valence-electron chi connectivity index (χ1n) is 8.10. The molecule has 4 nitrogen and oxygen atoms in total. The molecule has 1 aromatic carbocycles. The van der Waals surface area contributed by atoms with E-state index in [-0.39, 0.29) is 12.4 Å². The number of fused-ring (bicyclic) bond motifs is 1. The van der Waals surface area contributed by atoms with Crippen molar-refractivity contribution in [2.24, 2.45) is 0 Å². The topological polar surface area (TPSA) is 37.4 Å². The summed E-state index contributed by atoms with van der Waals surface area (Å²) in [7, 11) is 1.70. The number of rotatable bonds is 8. The summed E-state index contributed by atoms with van der Waals surface area (Å²) in [6, 6.07) is 8.67. The highest BCUT2D eigenvalue weighted by atomic mass is 35.5. The van der Waals surface area contributed by atoms with Crippen molar-refractivity contribution in [1.82, 2.24) is 9.88 Å². The number of nitrogens with one attached hydrogen (secondary N) is 1. The van der Waals surface area contributed by atoms with Crippen molar-refractivity contribution in [3.05, 3.63) is 30.5 Å². The van der Waals surface area contributed by atoms with E-state index in [9.17, 15) is 0 Å². The van der Waals surface area contributed by atoms with Gasteiger partial charge in [-0.05, 0) is 32.0 Å². The van der Waals surface area contributed by atoms with E-state index in [4.69, 9.17) is 4.74 Å². The van der Waals surface area contributed by atoms with Gasteiger partial charge in [0.1, 0.15) is 5.75 Å². The number of hydrogen-bond acceptors (Lipinski definition) is 4. The minimum absolute atomic E-state index is 0. The zero-order valence-corrected chi connectivity index (χ0v) is 15.3. The second-order valence-electron chi connectivity index (χ2n) is 5.56. The van der Waals surface area contributed by atoms with E-state index in [0.717, 1.165) is 42.0 Å². The maximum Gasteiger partial charge on any atom is 0.121 e. The van der Waals surface area contributed by atoms with Crippen molar-refractivity contribution in [2.75, 3.05) is 32.1 Å². The average Bonchev–Trinajstić information content (AvgIpc) is 2.57. The Bertz CT molecular complexity index is 606. The van der Waals surface area contributed by atoms with Crippen LogP contribution in [0, 0.1) is 0 Å². The summed E-state index contributed by atoms with van der Waals surface area (Å²) in [6.45, 7) is 9.74. The summed E-state index contributed by atoms with van der Waals surface area (Å²) >= 11 is 0. The standard InChI is InChI=1S/C18H27N3O.ClH/c1-5-14(3)21(6-2)11-10-19-17-13-16(22-4)12-15-8-7-9-20-18(15)17;/h7-9,12-14,19H,5-6,10-11H2,1-4H3;1H. The van der Waals surface area contributed by atoms with Crippen LogP contribution >= 0.6 is 12.4 Å². The second kappa shape index (κ2) is 9.58. The molecule has 0 spiro atoms. The first-order valence-corrected chi connectivity index (χ1v) is 8.10. The van der Waals surface area contributed by atoms with Gasteiger partial charge in [0.05, 0.1) is 18.3 Å². The molecule has 23 heavy (non-hydrogen) atoms. The van der Waals surface area contributed by atoms with Gasteiger partial charge in [0.2, 0.25) is 0 Å². The van der Waals surface area contributed by atoms with Crippen LogP contribution in [0.5, 0.6) is 5.75 Å². The Morgan fingerprint density at radius 1 is 1.30 bits per heavy atom. The zero-order valence-electron chi connectivity index (χ0n) is 14.5. The molecule has 1 atom stereocenters. The third-order valence-electron chi connectivity index (χ3n) is 4.25. The average molecular weight is 338 g/mol. The molecule has 0 amide bonds. The SMILES string of the molecule is CCC(C)N(CC)CCNc1cc(OC)cc2cccnc12.Cl. The summed E-state index contributed by atoms with van der Waals surface area (Å²) in [6.07, 6.45) is 3.01. The number of benzene rings is 1. The Hall–Kier alpha value is -1.52. The molecule has 5 heteroatoms. The third-order valence-corrected chi connectivity index (χ3v) is 4.25. The van der Waals surface area contributed by atoms with Crippen LogP contribution < -0.4 is 10.1 Å². The van der Waals surface area contributed by atoms with Crippen molar-refractivity contribution in [2.45, 2.75) is 33.2 Å². The highest BCUT2D eigenvalue weighted by molar-refractivity contribution is 5.91. The molecule has 0 aliphatic heterocycles. The normalized spacial score (nSPS) is 12.0. The zero-order chi connectivity index (χ0) is 15.9. The third kappa shape index (κ3) is 4.98. The minimum atomic E-state index is 0. The molecular formula is C18H28ClN3O. The van der Waals surface area contributed by atoms with Gasteiger partial charge in [-0.3, -0.25) is 9.88 Å². The Kier molecular flexibility index (Phi) is 8.13. The van der Waals surface area contributed by atoms with Crippen LogP contribution in [0.15, 0.2) is 30.5 Å². The van der Waals surface area contributed by atoms with Gasteiger partial charge in [-0.1, -0.05) is 19.9 Å². The quantitative estimate of drug-likeness (QED) is 0.783. The lowest BCUT2D eigenvalue weighted by atomic mass is 10.1. The van der Waals surface area contributed by atoms with E-state index in [1.807, 2.05) is 24.4 Å². The Balaban J connectivity index is 0.00000264. The molecule has 1 N–H and O–H groups in total. The summed E-state index contributed by atoms with van der Waals surface area (Å²) in [5.74, 6) is 0.859. The predicted molar refractivity (Wildman–Crippen MR) is 101 cm³/mol. The number of aromatic nitrogens is 1. The molecule has 0 radical (unpaired) electrons. The summed E-state index contributed by atoms with van der Waals surface area (Å²) in [5, 5.41) is 4.62. The van der Waals surface area contributed by atoms with Gasteiger partial charge in [0.25, 0.3) is 0 Å². The van der Waals surface area contributed by atoms with Crippen LogP contribution in [0.25, 0.3) is 10.9 Å². The van der Waals surface area contributed by atoms with Gasteiger partial charge >= 0.3 is 0 Å². The molecule has 1 unspecified atom stereocenters. The van der Waals surface area contributed by atoms with E-state index in [0.29, 0.717) is 6.04 Å². The summed E-state index contributed by atoms with van der Waals surface area (Å²) in [5.41, 5.74) is 2.03. The lowest BCUT2D eigenvalue weighted by molar-refractivity contribution is 0.223. The molecule has 2 aromatic rings. The van der Waals surface area contributed by atoms with Crippen molar-refractivity contribution in [1.29, 1.82) is 0 Å². The maximum absolute atomic E-state index is 5.39. The molecule has 0 saturated heterocycles. The molecule has 1 heterocycles.